The summed E-state index contributed by atoms with van der Waals surface area (Å²) in [4.78, 5) is 13.4. The highest BCUT2D eigenvalue weighted by molar-refractivity contribution is 5.76. The van der Waals surface area contributed by atoms with Gasteiger partial charge in [-0.2, -0.15) is 0 Å². The van der Waals surface area contributed by atoms with Crippen molar-refractivity contribution < 1.29 is 64.6 Å². The Bertz CT molecular complexity index is 1790. The van der Waals surface area contributed by atoms with E-state index in [4.69, 9.17) is 18.9 Å². The Morgan fingerprint density at radius 3 is 0.913 bits per heavy atom. The summed E-state index contributed by atoms with van der Waals surface area (Å²) < 4.78 is 23.0. The number of unbranched alkanes of at least 4 members (excludes halogenated alkanes) is 65. The summed E-state index contributed by atoms with van der Waals surface area (Å²) in [5.41, 5.74) is 0. The molecule has 0 saturated carbocycles. The van der Waals surface area contributed by atoms with E-state index >= 15 is 0 Å². The molecule has 0 radical (unpaired) electrons. The predicted molar refractivity (Wildman–Crippen MR) is 434 cm³/mol. The summed E-state index contributed by atoms with van der Waals surface area (Å²) in [7, 11) is 0. The fraction of sp³-hybridized carbons (Fsp3) is 0.967. The molecule has 14 nitrogen and oxygen atoms in total. The van der Waals surface area contributed by atoms with Crippen molar-refractivity contribution in [2.24, 2.45) is 0 Å². The molecule has 104 heavy (non-hydrogen) atoms. The maximum absolute atomic E-state index is 13.4. The minimum atomic E-state index is -1.78. The van der Waals surface area contributed by atoms with Crippen molar-refractivity contribution in [3.8, 4) is 0 Å². The largest absolute Gasteiger partial charge is 0.394 e. The normalized spacial score (nSPS) is 21.4. The highest BCUT2D eigenvalue weighted by Gasteiger charge is 2.51. The van der Waals surface area contributed by atoms with E-state index in [1.165, 1.54) is 385 Å². The molecule has 12 unspecified atom stereocenters. The van der Waals surface area contributed by atoms with Crippen LogP contribution in [0, 0.1) is 0 Å². The SMILES string of the molecule is CCCCCCCCCC/C=C\CCCCCCCCCCCCCCCCCCCCCCCCCCCCCC(=O)NC(COC1OC(CO)C(OC2OC(CO)C(O)C(O)C2O)C(O)C1O)C(O)CCCCCCCCCCCCCCCCCCCCCCCCCCCCCCCCC. The fourth-order valence-electron chi connectivity index (χ4n) is 15.8. The van der Waals surface area contributed by atoms with Crippen LogP contribution in [0.2, 0.25) is 0 Å². The van der Waals surface area contributed by atoms with Crippen LogP contribution in [0.3, 0.4) is 0 Å². The molecule has 0 bridgehead atoms. The molecule has 2 aliphatic heterocycles. The molecule has 2 aliphatic rings. The first kappa shape index (κ1) is 98.8. The van der Waals surface area contributed by atoms with Crippen molar-refractivity contribution in [3.63, 3.8) is 0 Å². The van der Waals surface area contributed by atoms with Crippen LogP contribution < -0.4 is 5.32 Å². The summed E-state index contributed by atoms with van der Waals surface area (Å²) in [6.07, 6.45) is 80.2. The second kappa shape index (κ2) is 74.5. The Morgan fingerprint density at radius 2 is 0.606 bits per heavy atom. The second-order valence-corrected chi connectivity index (χ2v) is 32.8. The predicted octanol–water partition coefficient (Wildman–Crippen LogP) is 22.4. The Hall–Kier alpha value is -1.27. The Balaban J connectivity index is 1.54. The van der Waals surface area contributed by atoms with Crippen molar-refractivity contribution in [2.45, 2.75) is 537 Å². The zero-order valence-corrected chi connectivity index (χ0v) is 68.3. The Labute approximate surface area is 641 Å². The number of aliphatic hydroxyl groups is 8. The molecule has 1 amide bonds. The van der Waals surface area contributed by atoms with Crippen LogP contribution in [0.5, 0.6) is 0 Å². The number of amides is 1. The third kappa shape index (κ3) is 56.0. The summed E-state index contributed by atoms with van der Waals surface area (Å²) >= 11 is 0. The molecule has 2 saturated heterocycles. The minimum absolute atomic E-state index is 0.194. The second-order valence-electron chi connectivity index (χ2n) is 32.8. The number of carbonyl (C=O) groups is 1. The lowest BCUT2D eigenvalue weighted by atomic mass is 9.97. The summed E-state index contributed by atoms with van der Waals surface area (Å²) in [6, 6.07) is -0.827. The van der Waals surface area contributed by atoms with Gasteiger partial charge in [0.2, 0.25) is 5.91 Å². The Morgan fingerprint density at radius 1 is 0.337 bits per heavy atom. The number of hydrogen-bond acceptors (Lipinski definition) is 13. The van der Waals surface area contributed by atoms with E-state index < -0.39 is 86.8 Å². The molecule has 0 aromatic heterocycles. The third-order valence-corrected chi connectivity index (χ3v) is 23.0. The first-order chi connectivity index (χ1) is 51.1. The zero-order valence-electron chi connectivity index (χ0n) is 68.3. The van der Waals surface area contributed by atoms with Crippen molar-refractivity contribution >= 4 is 5.91 Å². The van der Waals surface area contributed by atoms with Crippen LogP contribution in [0.25, 0.3) is 0 Å². The molecule has 0 spiro atoms. The zero-order chi connectivity index (χ0) is 75.1. The lowest BCUT2D eigenvalue weighted by molar-refractivity contribution is -0.359. The number of rotatable bonds is 80. The van der Waals surface area contributed by atoms with E-state index in [1.807, 2.05) is 0 Å². The number of ether oxygens (including phenoxy) is 4. The fourth-order valence-corrected chi connectivity index (χ4v) is 15.8. The molecule has 618 valence electrons. The van der Waals surface area contributed by atoms with E-state index in [1.54, 1.807) is 0 Å². The molecule has 9 N–H and O–H groups in total. The molecule has 0 aromatic rings. The van der Waals surface area contributed by atoms with Gasteiger partial charge >= 0.3 is 0 Å². The standard InChI is InChI=1S/C90H175NO13/c1-3-5-7-9-11-13-15-17-19-21-23-25-27-29-31-33-35-36-37-38-39-40-41-42-44-46-48-50-52-54-56-58-60-62-64-66-68-70-72-74-82(95)91-78(77-101-89-87(100)85(98)88(81(76-93)103-89)104-90-86(99)84(97)83(96)80(75-92)102-90)79(94)73-71-69-67-65-63-61-59-57-55-53-51-49-47-45-43-34-32-30-28-26-24-22-20-18-16-14-12-10-8-6-4-2/h21,23,78-81,83-90,92-94,96-100H,3-20,22,24-77H2,1-2H3,(H,91,95)/b23-21-. The first-order valence-corrected chi connectivity index (χ1v) is 45.9. The van der Waals surface area contributed by atoms with Gasteiger partial charge in [0.15, 0.2) is 12.6 Å². The van der Waals surface area contributed by atoms with Crippen LogP contribution in [0.15, 0.2) is 12.2 Å². The van der Waals surface area contributed by atoms with Gasteiger partial charge in [-0.1, -0.05) is 431 Å². The number of carbonyl (C=O) groups excluding carboxylic acids is 1. The average molecular weight is 1480 g/mol. The van der Waals surface area contributed by atoms with Crippen molar-refractivity contribution in [3.05, 3.63) is 12.2 Å². The van der Waals surface area contributed by atoms with Gasteiger partial charge in [-0.15, -0.1) is 0 Å². The van der Waals surface area contributed by atoms with Gasteiger partial charge < -0.3 is 65.1 Å². The van der Waals surface area contributed by atoms with E-state index in [9.17, 15) is 45.6 Å². The van der Waals surface area contributed by atoms with Crippen LogP contribution in [0.1, 0.15) is 463 Å². The van der Waals surface area contributed by atoms with Crippen molar-refractivity contribution in [2.75, 3.05) is 19.8 Å². The van der Waals surface area contributed by atoms with E-state index in [0.29, 0.717) is 12.8 Å². The molecule has 2 fully saturated rings. The van der Waals surface area contributed by atoms with Crippen LogP contribution in [0.4, 0.5) is 0 Å². The van der Waals surface area contributed by atoms with Crippen molar-refractivity contribution in [1.29, 1.82) is 0 Å². The highest BCUT2D eigenvalue weighted by atomic mass is 16.7. The van der Waals surface area contributed by atoms with Gasteiger partial charge in [0.1, 0.15) is 48.8 Å². The van der Waals surface area contributed by atoms with Gasteiger partial charge in [0, 0.05) is 6.42 Å². The van der Waals surface area contributed by atoms with Crippen LogP contribution >= 0.6 is 0 Å². The molecule has 12 atom stereocenters. The summed E-state index contributed by atoms with van der Waals surface area (Å²) in [5, 5.41) is 88.1. The van der Waals surface area contributed by atoms with E-state index in [-0.39, 0.29) is 12.5 Å². The number of nitrogens with one attached hydrogen (secondary N) is 1. The average Bonchev–Trinajstić information content (AvgIpc) is 0.791. The third-order valence-electron chi connectivity index (χ3n) is 23.0. The smallest absolute Gasteiger partial charge is 0.220 e. The monoisotopic (exact) mass is 1480 g/mol. The number of aliphatic hydroxyl groups excluding tert-OH is 8. The topological polar surface area (TPSA) is 228 Å². The quantitative estimate of drug-likeness (QED) is 0.0204. The molecule has 2 heterocycles. The van der Waals surface area contributed by atoms with E-state index in [0.717, 1.165) is 51.4 Å². The summed E-state index contributed by atoms with van der Waals surface area (Å²) in [6.45, 7) is 2.95. The molecule has 0 aliphatic carbocycles. The number of hydrogen-bond donors (Lipinski definition) is 9. The lowest BCUT2D eigenvalue weighted by Gasteiger charge is -2.46. The van der Waals surface area contributed by atoms with Crippen LogP contribution in [-0.4, -0.2) is 140 Å². The highest BCUT2D eigenvalue weighted by Crippen LogP contribution is 2.31. The van der Waals surface area contributed by atoms with Gasteiger partial charge in [-0.3, -0.25) is 4.79 Å². The molecule has 2 rings (SSSR count). The van der Waals surface area contributed by atoms with Gasteiger partial charge in [0.25, 0.3) is 0 Å². The maximum atomic E-state index is 13.4. The molecular weight excluding hydrogens is 1300 g/mol. The molecule has 0 aromatic carbocycles. The van der Waals surface area contributed by atoms with Crippen molar-refractivity contribution in [1.82, 2.24) is 5.32 Å². The minimum Gasteiger partial charge on any atom is -0.394 e. The molecular formula is C90H175NO13. The molecule has 14 heteroatoms. The Kier molecular flexibility index (Phi) is 70.8. The number of allylic oxidation sites excluding steroid dienone is 2. The van der Waals surface area contributed by atoms with E-state index in [2.05, 4.69) is 31.3 Å². The maximum Gasteiger partial charge on any atom is 0.220 e. The van der Waals surface area contributed by atoms with Gasteiger partial charge in [-0.25, -0.2) is 0 Å². The first-order valence-electron chi connectivity index (χ1n) is 45.9. The summed E-state index contributed by atoms with van der Waals surface area (Å²) in [5.74, 6) is -0.194. The van der Waals surface area contributed by atoms with Gasteiger partial charge in [-0.05, 0) is 38.5 Å². The van der Waals surface area contributed by atoms with Gasteiger partial charge in [0.05, 0.1) is 32.0 Å². The lowest BCUT2D eigenvalue weighted by Crippen LogP contribution is -2.65. The van der Waals surface area contributed by atoms with Crippen LogP contribution in [-0.2, 0) is 23.7 Å².